The summed E-state index contributed by atoms with van der Waals surface area (Å²) in [7, 11) is 0. The van der Waals surface area contributed by atoms with Crippen molar-refractivity contribution in [3.63, 3.8) is 0 Å². The lowest BCUT2D eigenvalue weighted by atomic mass is 9.77. The van der Waals surface area contributed by atoms with E-state index in [4.69, 9.17) is 5.10 Å². The molecule has 1 aromatic heterocycles. The van der Waals surface area contributed by atoms with Crippen LogP contribution < -0.4 is 0 Å². The van der Waals surface area contributed by atoms with Crippen LogP contribution in [-0.4, -0.2) is 9.78 Å². The predicted molar refractivity (Wildman–Crippen MR) is 113 cm³/mol. The molecule has 5 rings (SSSR count). The first-order chi connectivity index (χ1) is 13.9. The van der Waals surface area contributed by atoms with Gasteiger partial charge in [0.1, 0.15) is 11.7 Å². The maximum Gasteiger partial charge on any atom is 0.138 e. The van der Waals surface area contributed by atoms with Gasteiger partial charge in [-0.3, -0.25) is 0 Å². The fourth-order valence-electron chi connectivity index (χ4n) is 4.07. The Kier molecular flexibility index (Phi) is 4.02. The first-order valence-corrected chi connectivity index (χ1v) is 9.43. The fourth-order valence-corrected chi connectivity index (χ4v) is 4.07. The summed E-state index contributed by atoms with van der Waals surface area (Å²) >= 11 is 0. The Balaban J connectivity index is 1.96. The largest absolute Gasteiger partial charge is 0.245 e. The summed E-state index contributed by atoms with van der Waals surface area (Å²) < 4.78 is 2.11. The average Bonchev–Trinajstić information content (AvgIpc) is 3.21. The molecule has 0 saturated heterocycles. The molecule has 28 heavy (non-hydrogen) atoms. The molecule has 0 atom stereocenters. The van der Waals surface area contributed by atoms with Gasteiger partial charge in [0, 0.05) is 5.39 Å². The van der Waals surface area contributed by atoms with Crippen molar-refractivity contribution >= 4 is 10.9 Å². The predicted octanol–water partition coefficient (Wildman–Crippen LogP) is 5.68. The molecule has 1 radical (unpaired) electrons. The first kappa shape index (κ1) is 16.5. The second-order valence-corrected chi connectivity index (χ2v) is 6.85. The van der Waals surface area contributed by atoms with Crippen LogP contribution in [0, 0.1) is 6.20 Å². The van der Waals surface area contributed by atoms with Gasteiger partial charge >= 0.3 is 0 Å². The summed E-state index contributed by atoms with van der Waals surface area (Å²) in [6, 6.07) is 40.0. The van der Waals surface area contributed by atoms with Gasteiger partial charge in [-0.1, -0.05) is 109 Å². The molecule has 5 aromatic rings. The first-order valence-electron chi connectivity index (χ1n) is 9.43. The molecule has 0 aliphatic carbocycles. The van der Waals surface area contributed by atoms with Gasteiger partial charge in [0.15, 0.2) is 0 Å². The van der Waals surface area contributed by atoms with Crippen LogP contribution in [0.2, 0.25) is 0 Å². The molecular weight excluding hydrogens is 340 g/mol. The molecule has 2 nitrogen and oxygen atoms in total. The third kappa shape index (κ3) is 2.46. The second-order valence-electron chi connectivity index (χ2n) is 6.85. The molecule has 0 aliphatic heterocycles. The Hall–Kier alpha value is -3.65. The van der Waals surface area contributed by atoms with Crippen LogP contribution in [0.4, 0.5) is 0 Å². The van der Waals surface area contributed by atoms with Crippen molar-refractivity contribution in [3.8, 4) is 0 Å². The van der Waals surface area contributed by atoms with E-state index in [2.05, 4.69) is 120 Å². The highest BCUT2D eigenvalue weighted by molar-refractivity contribution is 5.79. The van der Waals surface area contributed by atoms with Gasteiger partial charge in [-0.15, -0.1) is 0 Å². The zero-order valence-corrected chi connectivity index (χ0v) is 15.4. The van der Waals surface area contributed by atoms with E-state index < -0.39 is 5.54 Å². The Labute approximate surface area is 164 Å². The number of para-hydroxylation sites is 1. The zero-order valence-electron chi connectivity index (χ0n) is 15.4. The van der Waals surface area contributed by atoms with Gasteiger partial charge < -0.3 is 0 Å². The van der Waals surface area contributed by atoms with E-state index in [1.807, 2.05) is 6.07 Å². The highest BCUT2D eigenvalue weighted by Crippen LogP contribution is 2.41. The van der Waals surface area contributed by atoms with Crippen LogP contribution in [0.3, 0.4) is 0 Å². The Morgan fingerprint density at radius 2 is 0.964 bits per heavy atom. The molecule has 0 unspecified atom stereocenters. The lowest BCUT2D eigenvalue weighted by Gasteiger charge is -2.37. The minimum Gasteiger partial charge on any atom is -0.245 e. The minimum absolute atomic E-state index is 0.594. The highest BCUT2D eigenvalue weighted by Gasteiger charge is 2.40. The highest BCUT2D eigenvalue weighted by atomic mass is 15.3. The van der Waals surface area contributed by atoms with E-state index in [0.29, 0.717) is 0 Å². The van der Waals surface area contributed by atoms with Crippen LogP contribution in [-0.2, 0) is 5.54 Å². The van der Waals surface area contributed by atoms with E-state index in [1.165, 1.54) is 0 Å². The van der Waals surface area contributed by atoms with Gasteiger partial charge in [0.2, 0.25) is 0 Å². The molecule has 0 bridgehead atoms. The number of benzene rings is 4. The van der Waals surface area contributed by atoms with E-state index >= 15 is 0 Å². The Morgan fingerprint density at radius 1 is 0.536 bits per heavy atom. The van der Waals surface area contributed by atoms with Crippen molar-refractivity contribution in [1.29, 1.82) is 0 Å². The molecule has 1 heterocycles. The van der Waals surface area contributed by atoms with Gasteiger partial charge in [0.05, 0.1) is 5.52 Å². The number of hydrogen-bond acceptors (Lipinski definition) is 1. The molecular formula is C26H19N2. The maximum atomic E-state index is 4.79. The van der Waals surface area contributed by atoms with E-state index in [0.717, 1.165) is 27.6 Å². The molecule has 0 N–H and O–H groups in total. The molecule has 0 spiro atoms. The van der Waals surface area contributed by atoms with Crippen molar-refractivity contribution in [3.05, 3.63) is 138 Å². The number of hydrogen-bond donors (Lipinski definition) is 0. The second kappa shape index (κ2) is 6.82. The zero-order chi connectivity index (χ0) is 18.8. The summed E-state index contributed by atoms with van der Waals surface area (Å²) in [4.78, 5) is 0. The summed E-state index contributed by atoms with van der Waals surface area (Å²) in [5, 5.41) is 5.80. The standard InChI is InChI=1S/C26H19N2/c1-4-13-22(14-5-1)26(23-15-6-2-7-16-23,24-17-8-3-9-18-24)28-25-19-11-10-12-21(25)20-27-28/h1-19H. The third-order valence-electron chi connectivity index (χ3n) is 5.30. The van der Waals surface area contributed by atoms with E-state index in [9.17, 15) is 0 Å². The van der Waals surface area contributed by atoms with Crippen molar-refractivity contribution in [1.82, 2.24) is 9.78 Å². The number of rotatable bonds is 4. The van der Waals surface area contributed by atoms with Crippen molar-refractivity contribution in [2.24, 2.45) is 0 Å². The summed E-state index contributed by atoms with van der Waals surface area (Å²) in [5.74, 6) is 0. The normalized spacial score (nSPS) is 11.6. The smallest absolute Gasteiger partial charge is 0.138 e. The molecule has 0 amide bonds. The molecule has 2 heteroatoms. The minimum atomic E-state index is -0.594. The molecule has 0 saturated carbocycles. The van der Waals surface area contributed by atoms with E-state index in [1.54, 1.807) is 0 Å². The van der Waals surface area contributed by atoms with Crippen LogP contribution >= 0.6 is 0 Å². The Morgan fingerprint density at radius 3 is 1.46 bits per heavy atom. The van der Waals surface area contributed by atoms with Crippen molar-refractivity contribution < 1.29 is 0 Å². The fraction of sp³-hybridized carbons (Fsp3) is 0.0385. The van der Waals surface area contributed by atoms with Crippen molar-refractivity contribution in [2.75, 3.05) is 0 Å². The monoisotopic (exact) mass is 359 g/mol. The molecule has 0 fully saturated rings. The number of aromatic nitrogens is 2. The Bertz CT molecular complexity index is 1100. The van der Waals surface area contributed by atoms with Gasteiger partial charge in [-0.2, -0.15) is 5.10 Å². The lowest BCUT2D eigenvalue weighted by Crippen LogP contribution is -2.38. The van der Waals surface area contributed by atoms with Crippen LogP contribution in [0.1, 0.15) is 16.7 Å². The quantitative estimate of drug-likeness (QED) is 0.378. The van der Waals surface area contributed by atoms with Crippen LogP contribution in [0.5, 0.6) is 0 Å². The lowest BCUT2D eigenvalue weighted by molar-refractivity contribution is 0.475. The average molecular weight is 359 g/mol. The van der Waals surface area contributed by atoms with Crippen LogP contribution in [0.15, 0.2) is 115 Å². The van der Waals surface area contributed by atoms with Crippen LogP contribution in [0.25, 0.3) is 10.9 Å². The SMILES string of the molecule is [c]1nn(C(c2ccccc2)(c2ccccc2)c2ccccc2)c2ccccc12. The van der Waals surface area contributed by atoms with Crippen molar-refractivity contribution in [2.45, 2.75) is 5.54 Å². The molecule has 4 aromatic carbocycles. The summed E-state index contributed by atoms with van der Waals surface area (Å²) in [6.07, 6.45) is 3.22. The molecule has 0 aliphatic rings. The van der Waals surface area contributed by atoms with Gasteiger partial charge in [-0.05, 0) is 22.8 Å². The number of nitrogens with zero attached hydrogens (tertiary/aromatic N) is 2. The summed E-state index contributed by atoms with van der Waals surface area (Å²) in [6.45, 7) is 0. The van der Waals surface area contributed by atoms with Gasteiger partial charge in [-0.25, -0.2) is 4.68 Å². The van der Waals surface area contributed by atoms with E-state index in [-0.39, 0.29) is 0 Å². The number of fused-ring (bicyclic) bond motifs is 1. The maximum absolute atomic E-state index is 4.79. The topological polar surface area (TPSA) is 17.8 Å². The summed E-state index contributed by atoms with van der Waals surface area (Å²) in [5.41, 5.74) is 3.95. The third-order valence-corrected chi connectivity index (χ3v) is 5.30. The molecule has 133 valence electrons. The van der Waals surface area contributed by atoms with Gasteiger partial charge in [0.25, 0.3) is 0 Å².